The van der Waals surface area contributed by atoms with Crippen LogP contribution in [0.25, 0.3) is 10.8 Å². The number of aromatic nitrogens is 2. The topological polar surface area (TPSA) is 77.2 Å². The number of nitrogens with one attached hydrogen (secondary N) is 1. The second-order valence-corrected chi connectivity index (χ2v) is 8.23. The summed E-state index contributed by atoms with van der Waals surface area (Å²) < 4.78 is 24.3. The molecule has 0 aliphatic rings. The quantitative estimate of drug-likeness (QED) is 0.358. The summed E-state index contributed by atoms with van der Waals surface area (Å²) in [4.78, 5) is 12.4. The summed E-state index contributed by atoms with van der Waals surface area (Å²) >= 11 is 1.16. The van der Waals surface area contributed by atoms with Crippen LogP contribution < -0.4 is 10.1 Å². The van der Waals surface area contributed by atoms with Crippen LogP contribution in [-0.4, -0.2) is 21.9 Å². The number of rotatable bonds is 8. The van der Waals surface area contributed by atoms with E-state index in [4.69, 9.17) is 9.15 Å². The van der Waals surface area contributed by atoms with E-state index in [1.165, 1.54) is 24.3 Å². The molecule has 8 heteroatoms. The highest BCUT2D eigenvalue weighted by molar-refractivity contribution is 7.99. The van der Waals surface area contributed by atoms with Crippen LogP contribution >= 0.6 is 11.8 Å². The van der Waals surface area contributed by atoms with Crippen molar-refractivity contribution >= 4 is 28.4 Å². The molecule has 1 amide bonds. The second kappa shape index (κ2) is 9.82. The average molecular weight is 452 g/mol. The molecule has 1 heterocycles. The van der Waals surface area contributed by atoms with Crippen LogP contribution in [0.1, 0.15) is 37.4 Å². The van der Waals surface area contributed by atoms with Crippen LogP contribution in [0.2, 0.25) is 0 Å². The molecular formula is C24H22FN3O3S. The van der Waals surface area contributed by atoms with Crippen molar-refractivity contribution in [3.8, 4) is 5.75 Å². The molecule has 0 aliphatic carbocycles. The van der Waals surface area contributed by atoms with E-state index in [0.717, 1.165) is 28.1 Å². The number of amides is 1. The summed E-state index contributed by atoms with van der Waals surface area (Å²) in [5.74, 6) is 0.447. The fourth-order valence-electron chi connectivity index (χ4n) is 3.18. The maximum absolute atomic E-state index is 13.0. The van der Waals surface area contributed by atoms with Gasteiger partial charge >= 0.3 is 0 Å². The van der Waals surface area contributed by atoms with Gasteiger partial charge in [-0.2, -0.15) is 0 Å². The summed E-state index contributed by atoms with van der Waals surface area (Å²) in [6.07, 6.45) is -0.510. The maximum atomic E-state index is 13.0. The number of fused-ring (bicyclic) bond motifs is 1. The molecule has 0 saturated carbocycles. The number of ether oxygens (including phenoxy) is 1. The van der Waals surface area contributed by atoms with Crippen LogP contribution in [0.15, 0.2) is 76.4 Å². The molecule has 0 aliphatic heterocycles. The van der Waals surface area contributed by atoms with Gasteiger partial charge in [-0.15, -0.1) is 10.2 Å². The molecular weight excluding hydrogens is 429 g/mol. The number of hydrogen-bond acceptors (Lipinski definition) is 6. The van der Waals surface area contributed by atoms with E-state index >= 15 is 0 Å². The molecule has 0 fully saturated rings. The highest BCUT2D eigenvalue weighted by Gasteiger charge is 2.17. The van der Waals surface area contributed by atoms with Crippen molar-refractivity contribution in [1.82, 2.24) is 15.5 Å². The normalized spacial score (nSPS) is 13.0. The number of carbonyl (C=O) groups excluding carboxylic acids is 1. The van der Waals surface area contributed by atoms with Crippen molar-refractivity contribution in [1.29, 1.82) is 0 Å². The fraction of sp³-hybridized carbons (Fsp3) is 0.208. The Morgan fingerprint density at radius 1 is 1.06 bits per heavy atom. The van der Waals surface area contributed by atoms with Crippen LogP contribution in [0.4, 0.5) is 4.39 Å². The van der Waals surface area contributed by atoms with Gasteiger partial charge in [0, 0.05) is 0 Å². The lowest BCUT2D eigenvalue weighted by molar-refractivity contribution is -0.119. The van der Waals surface area contributed by atoms with Gasteiger partial charge in [0.05, 0.1) is 11.8 Å². The minimum absolute atomic E-state index is 0.130. The summed E-state index contributed by atoms with van der Waals surface area (Å²) in [6.45, 7) is 3.70. The van der Waals surface area contributed by atoms with Crippen LogP contribution in [0.5, 0.6) is 5.75 Å². The van der Waals surface area contributed by atoms with Gasteiger partial charge in [0.25, 0.3) is 11.1 Å². The van der Waals surface area contributed by atoms with Gasteiger partial charge in [0.15, 0.2) is 6.10 Å². The van der Waals surface area contributed by atoms with Gasteiger partial charge in [0.2, 0.25) is 5.91 Å². The lowest BCUT2D eigenvalue weighted by Gasteiger charge is -2.14. The highest BCUT2D eigenvalue weighted by Crippen LogP contribution is 2.25. The first kappa shape index (κ1) is 21.8. The van der Waals surface area contributed by atoms with E-state index in [9.17, 15) is 9.18 Å². The molecule has 4 rings (SSSR count). The van der Waals surface area contributed by atoms with E-state index in [0.29, 0.717) is 5.75 Å². The number of halogens is 1. The third-order valence-corrected chi connectivity index (χ3v) is 5.69. The molecule has 4 aromatic rings. The monoisotopic (exact) mass is 451 g/mol. The molecule has 0 spiro atoms. The molecule has 3 aromatic carbocycles. The predicted molar refractivity (Wildman–Crippen MR) is 121 cm³/mol. The molecule has 164 valence electrons. The predicted octanol–water partition coefficient (Wildman–Crippen LogP) is 5.47. The Morgan fingerprint density at radius 3 is 2.59 bits per heavy atom. The molecule has 0 unspecified atom stereocenters. The van der Waals surface area contributed by atoms with E-state index in [2.05, 4.69) is 39.8 Å². The van der Waals surface area contributed by atoms with Crippen molar-refractivity contribution < 1.29 is 18.3 Å². The van der Waals surface area contributed by atoms with Gasteiger partial charge in [-0.05, 0) is 60.5 Å². The van der Waals surface area contributed by atoms with E-state index in [1.54, 1.807) is 6.92 Å². The molecule has 2 atom stereocenters. The Kier molecular flexibility index (Phi) is 6.70. The van der Waals surface area contributed by atoms with Gasteiger partial charge < -0.3 is 14.5 Å². The van der Waals surface area contributed by atoms with Gasteiger partial charge in [-0.1, -0.05) is 48.2 Å². The van der Waals surface area contributed by atoms with Crippen molar-refractivity contribution in [2.45, 2.75) is 31.2 Å². The molecule has 1 aromatic heterocycles. The SMILES string of the molecule is C[C@@H](NC(=O)CSc1nnc([C@@H](C)Oc2ccc(F)cc2)o1)c1ccc2ccccc2c1. The van der Waals surface area contributed by atoms with E-state index in [1.807, 2.05) is 25.1 Å². The summed E-state index contributed by atoms with van der Waals surface area (Å²) in [7, 11) is 0. The molecule has 0 radical (unpaired) electrons. The average Bonchev–Trinajstić information content (AvgIpc) is 3.28. The third kappa shape index (κ3) is 5.45. The first-order valence-corrected chi connectivity index (χ1v) is 11.1. The van der Waals surface area contributed by atoms with E-state index in [-0.39, 0.29) is 34.6 Å². The van der Waals surface area contributed by atoms with Crippen molar-refractivity contribution in [3.63, 3.8) is 0 Å². The van der Waals surface area contributed by atoms with Gasteiger partial charge in [0.1, 0.15) is 11.6 Å². The first-order chi connectivity index (χ1) is 15.5. The maximum Gasteiger partial charge on any atom is 0.277 e. The molecule has 6 nitrogen and oxygen atoms in total. The highest BCUT2D eigenvalue weighted by atomic mass is 32.2. The first-order valence-electron chi connectivity index (χ1n) is 10.1. The van der Waals surface area contributed by atoms with Crippen LogP contribution in [-0.2, 0) is 4.79 Å². The van der Waals surface area contributed by atoms with Gasteiger partial charge in [-0.3, -0.25) is 4.79 Å². The molecule has 1 N–H and O–H groups in total. The zero-order valence-corrected chi connectivity index (χ0v) is 18.4. The van der Waals surface area contributed by atoms with Crippen LogP contribution in [0, 0.1) is 5.82 Å². The molecule has 32 heavy (non-hydrogen) atoms. The molecule has 0 bridgehead atoms. The lowest BCUT2D eigenvalue weighted by Crippen LogP contribution is -2.28. The molecule has 0 saturated heterocycles. The number of benzene rings is 3. The third-order valence-electron chi connectivity index (χ3n) is 4.87. The van der Waals surface area contributed by atoms with Gasteiger partial charge in [-0.25, -0.2) is 4.39 Å². The zero-order chi connectivity index (χ0) is 22.5. The Hall–Kier alpha value is -3.39. The summed E-state index contributed by atoms with van der Waals surface area (Å²) in [5, 5.41) is 13.5. The second-order valence-electron chi connectivity index (χ2n) is 7.30. The number of nitrogens with zero attached hydrogens (tertiary/aromatic N) is 2. The zero-order valence-electron chi connectivity index (χ0n) is 17.6. The Bertz CT molecular complexity index is 1210. The van der Waals surface area contributed by atoms with Crippen LogP contribution in [0.3, 0.4) is 0 Å². The van der Waals surface area contributed by atoms with Crippen molar-refractivity contribution in [2.24, 2.45) is 0 Å². The summed E-state index contributed by atoms with van der Waals surface area (Å²) in [6, 6.07) is 19.8. The smallest absolute Gasteiger partial charge is 0.277 e. The lowest BCUT2D eigenvalue weighted by atomic mass is 10.0. The van der Waals surface area contributed by atoms with E-state index < -0.39 is 6.10 Å². The number of thioether (sulfide) groups is 1. The fourth-order valence-corrected chi connectivity index (χ4v) is 3.76. The van der Waals surface area contributed by atoms with Crippen molar-refractivity contribution in [2.75, 3.05) is 5.75 Å². The minimum Gasteiger partial charge on any atom is -0.481 e. The standard InChI is InChI=1S/C24H22FN3O3S/c1-15(18-8-7-17-5-3-4-6-19(17)13-18)26-22(29)14-32-24-28-27-23(31-24)16(2)30-21-11-9-20(25)10-12-21/h3-13,15-16H,14H2,1-2H3,(H,26,29)/t15-,16-/m1/s1. The number of hydrogen-bond donors (Lipinski definition) is 1. The Morgan fingerprint density at radius 2 is 1.81 bits per heavy atom. The number of carbonyl (C=O) groups is 1. The van der Waals surface area contributed by atoms with Crippen molar-refractivity contribution in [3.05, 3.63) is 84.0 Å². The summed E-state index contributed by atoms with van der Waals surface area (Å²) in [5.41, 5.74) is 1.04. The Labute approximate surface area is 189 Å². The Balaban J connectivity index is 1.29. The largest absolute Gasteiger partial charge is 0.481 e. The minimum atomic E-state index is -0.510.